The maximum atomic E-state index is 12.2. The largest absolute Gasteiger partial charge is 0.508 e. The number of benzene rings is 2. The zero-order valence-corrected chi connectivity index (χ0v) is 15.7. The van der Waals surface area contributed by atoms with Gasteiger partial charge >= 0.3 is 0 Å². The zero-order chi connectivity index (χ0) is 19.6. The van der Waals surface area contributed by atoms with Gasteiger partial charge in [-0.25, -0.2) is 0 Å². The lowest BCUT2D eigenvalue weighted by Gasteiger charge is -2.16. The lowest BCUT2D eigenvalue weighted by Crippen LogP contribution is -2.14. The summed E-state index contributed by atoms with van der Waals surface area (Å²) in [5.41, 5.74) is 17.2. The minimum absolute atomic E-state index is 0.159. The molecule has 2 aromatic carbocycles. The van der Waals surface area contributed by atoms with Crippen molar-refractivity contribution >= 4 is 33.5 Å². The highest BCUT2D eigenvalue weighted by atomic mass is 16.3. The molecule has 7 heteroatoms. The molecule has 5 N–H and O–H groups in total. The van der Waals surface area contributed by atoms with Gasteiger partial charge in [-0.2, -0.15) is 5.10 Å². The van der Waals surface area contributed by atoms with Crippen molar-refractivity contribution < 1.29 is 9.90 Å². The van der Waals surface area contributed by atoms with Crippen molar-refractivity contribution in [3.05, 3.63) is 46.6 Å². The maximum Gasteiger partial charge on any atom is 0.253 e. The van der Waals surface area contributed by atoms with E-state index in [9.17, 15) is 9.90 Å². The van der Waals surface area contributed by atoms with Gasteiger partial charge in [-0.3, -0.25) is 14.0 Å². The summed E-state index contributed by atoms with van der Waals surface area (Å²) in [6.07, 6.45) is 1.90. The van der Waals surface area contributed by atoms with Crippen molar-refractivity contribution in [1.82, 2.24) is 14.3 Å². The van der Waals surface area contributed by atoms with Crippen LogP contribution in [0.1, 0.15) is 27.0 Å². The van der Waals surface area contributed by atoms with E-state index in [0.29, 0.717) is 10.9 Å². The number of aromatic nitrogens is 3. The first-order valence-electron chi connectivity index (χ1n) is 8.58. The highest BCUT2D eigenvalue weighted by Crippen LogP contribution is 2.40. The van der Waals surface area contributed by atoms with Crippen LogP contribution in [0.4, 0.5) is 5.82 Å². The first-order chi connectivity index (χ1) is 12.7. The van der Waals surface area contributed by atoms with Gasteiger partial charge in [-0.15, -0.1) is 0 Å². The average molecular weight is 363 g/mol. The van der Waals surface area contributed by atoms with Gasteiger partial charge in [-0.05, 0) is 44.0 Å². The average Bonchev–Trinajstić information content (AvgIpc) is 3.10. The Morgan fingerprint density at radius 1 is 1.15 bits per heavy atom. The quantitative estimate of drug-likeness (QED) is 0.508. The van der Waals surface area contributed by atoms with Crippen LogP contribution in [-0.4, -0.2) is 25.4 Å². The Labute approximate surface area is 155 Å². The fraction of sp³-hybridized carbons (Fsp3) is 0.200. The molecule has 4 rings (SSSR count). The van der Waals surface area contributed by atoms with Gasteiger partial charge in [0, 0.05) is 29.6 Å². The van der Waals surface area contributed by atoms with Crippen LogP contribution in [-0.2, 0) is 7.05 Å². The van der Waals surface area contributed by atoms with Crippen molar-refractivity contribution in [3.63, 3.8) is 0 Å². The van der Waals surface area contributed by atoms with Crippen molar-refractivity contribution in [2.75, 3.05) is 5.73 Å². The molecular formula is C20H21N5O2. The molecular weight excluding hydrogens is 342 g/mol. The Hall–Kier alpha value is -3.48. The predicted molar refractivity (Wildman–Crippen MR) is 106 cm³/mol. The number of hydrogen-bond acceptors (Lipinski definition) is 4. The number of carbonyl (C=O) groups is 1. The second kappa shape index (κ2) is 5.51. The van der Waals surface area contributed by atoms with E-state index in [1.54, 1.807) is 10.7 Å². The van der Waals surface area contributed by atoms with Crippen LogP contribution in [0, 0.1) is 20.8 Å². The third-order valence-electron chi connectivity index (χ3n) is 5.14. The standard InChI is InChI=1S/C20H21N5O2/c1-9-5-6-14(26)11(3)17(9)25-18-12(15(19(25)21)20(22)27)7-10(2)16-13(18)8-24(4)23-16/h5-8,26H,21H2,1-4H3,(H2,22,27). The molecule has 1 amide bonds. The number of phenolic OH excluding ortho intramolecular Hbond substituents is 1. The molecule has 0 fully saturated rings. The molecule has 0 spiro atoms. The molecule has 4 aromatic rings. The van der Waals surface area contributed by atoms with Gasteiger partial charge in [0.2, 0.25) is 0 Å². The summed E-state index contributed by atoms with van der Waals surface area (Å²) in [5, 5.41) is 16.4. The van der Waals surface area contributed by atoms with Gasteiger partial charge < -0.3 is 16.6 Å². The van der Waals surface area contributed by atoms with Crippen LogP contribution in [0.2, 0.25) is 0 Å². The predicted octanol–water partition coefficient (Wildman–Crippen LogP) is 2.83. The molecule has 0 aliphatic rings. The molecule has 138 valence electrons. The lowest BCUT2D eigenvalue weighted by molar-refractivity contribution is 0.100. The summed E-state index contributed by atoms with van der Waals surface area (Å²) in [4.78, 5) is 12.2. The SMILES string of the molecule is Cc1ccc(O)c(C)c1-n1c(N)c(C(N)=O)c2cc(C)c3nn(C)cc3c21. The van der Waals surface area contributed by atoms with Crippen molar-refractivity contribution in [3.8, 4) is 11.4 Å². The first kappa shape index (κ1) is 17.0. The number of aromatic hydroxyl groups is 1. The second-order valence-corrected chi connectivity index (χ2v) is 6.99. The minimum Gasteiger partial charge on any atom is -0.508 e. The van der Waals surface area contributed by atoms with E-state index in [1.807, 2.05) is 50.7 Å². The van der Waals surface area contributed by atoms with E-state index in [2.05, 4.69) is 5.10 Å². The number of nitrogens with zero attached hydrogens (tertiary/aromatic N) is 3. The number of nitrogens with two attached hydrogens (primary N) is 2. The molecule has 0 saturated carbocycles. The topological polar surface area (TPSA) is 112 Å². The van der Waals surface area contributed by atoms with Gasteiger partial charge in [0.1, 0.15) is 11.6 Å². The molecule has 0 unspecified atom stereocenters. The number of anilines is 1. The number of carbonyl (C=O) groups excluding carboxylic acids is 1. The third-order valence-corrected chi connectivity index (χ3v) is 5.14. The maximum absolute atomic E-state index is 12.2. The Morgan fingerprint density at radius 3 is 2.52 bits per heavy atom. The Morgan fingerprint density at radius 2 is 1.85 bits per heavy atom. The minimum atomic E-state index is -0.589. The van der Waals surface area contributed by atoms with Crippen LogP contribution in [0.5, 0.6) is 5.75 Å². The van der Waals surface area contributed by atoms with Gasteiger partial charge in [0.05, 0.1) is 22.3 Å². The third kappa shape index (κ3) is 2.21. The molecule has 0 radical (unpaired) electrons. The van der Waals surface area contributed by atoms with E-state index in [1.165, 1.54) is 0 Å². The number of amides is 1. The first-order valence-corrected chi connectivity index (χ1v) is 8.58. The van der Waals surface area contributed by atoms with Crippen molar-refractivity contribution in [2.45, 2.75) is 20.8 Å². The Kier molecular flexibility index (Phi) is 3.46. The molecule has 2 heterocycles. The smallest absolute Gasteiger partial charge is 0.253 e. The molecule has 0 aliphatic carbocycles. The summed E-state index contributed by atoms with van der Waals surface area (Å²) in [7, 11) is 1.85. The van der Waals surface area contributed by atoms with E-state index in [4.69, 9.17) is 11.5 Å². The van der Waals surface area contributed by atoms with E-state index in [-0.39, 0.29) is 17.1 Å². The summed E-state index contributed by atoms with van der Waals surface area (Å²) in [6, 6.07) is 5.36. The van der Waals surface area contributed by atoms with Gasteiger partial charge in [0.15, 0.2) is 0 Å². The Bertz CT molecular complexity index is 1260. The molecule has 7 nitrogen and oxygen atoms in total. The second-order valence-electron chi connectivity index (χ2n) is 6.99. The molecule has 27 heavy (non-hydrogen) atoms. The number of hydrogen-bond donors (Lipinski definition) is 3. The van der Waals surface area contributed by atoms with Crippen LogP contribution >= 0.6 is 0 Å². The Balaban J connectivity index is 2.32. The summed E-state index contributed by atoms with van der Waals surface area (Å²) in [5.74, 6) is -0.175. The highest BCUT2D eigenvalue weighted by Gasteiger charge is 2.25. The number of rotatable bonds is 2. The summed E-state index contributed by atoms with van der Waals surface area (Å²) < 4.78 is 3.54. The normalized spacial score (nSPS) is 11.6. The zero-order valence-electron chi connectivity index (χ0n) is 15.7. The van der Waals surface area contributed by atoms with Gasteiger partial charge in [-0.1, -0.05) is 6.07 Å². The molecule has 0 bridgehead atoms. The number of phenols is 1. The molecule has 2 aromatic heterocycles. The van der Waals surface area contributed by atoms with Crippen LogP contribution in [0.25, 0.3) is 27.5 Å². The number of aryl methyl sites for hydroxylation is 3. The van der Waals surface area contributed by atoms with Gasteiger partial charge in [0.25, 0.3) is 5.91 Å². The van der Waals surface area contributed by atoms with E-state index >= 15 is 0 Å². The number of primary amides is 1. The van der Waals surface area contributed by atoms with E-state index < -0.39 is 5.91 Å². The fourth-order valence-corrected chi connectivity index (χ4v) is 3.91. The van der Waals surface area contributed by atoms with Crippen LogP contribution in [0.15, 0.2) is 24.4 Å². The summed E-state index contributed by atoms with van der Waals surface area (Å²) >= 11 is 0. The number of fused-ring (bicyclic) bond motifs is 3. The molecule has 0 aliphatic heterocycles. The van der Waals surface area contributed by atoms with Crippen molar-refractivity contribution in [1.29, 1.82) is 0 Å². The van der Waals surface area contributed by atoms with Crippen LogP contribution < -0.4 is 11.5 Å². The number of nitrogen functional groups attached to an aromatic ring is 1. The molecule has 0 saturated heterocycles. The van der Waals surface area contributed by atoms with Crippen molar-refractivity contribution in [2.24, 2.45) is 12.8 Å². The fourth-order valence-electron chi connectivity index (χ4n) is 3.91. The molecule has 0 atom stereocenters. The van der Waals surface area contributed by atoms with Crippen LogP contribution in [0.3, 0.4) is 0 Å². The monoisotopic (exact) mass is 363 g/mol. The lowest BCUT2D eigenvalue weighted by atomic mass is 10.0. The summed E-state index contributed by atoms with van der Waals surface area (Å²) in [6.45, 7) is 5.70. The highest BCUT2D eigenvalue weighted by molar-refractivity contribution is 6.18. The van der Waals surface area contributed by atoms with E-state index in [0.717, 1.165) is 33.2 Å².